The molecule has 1 aliphatic rings. The number of sulfone groups is 1. The molecule has 2 heterocycles. The van der Waals surface area contributed by atoms with Crippen molar-refractivity contribution in [2.24, 2.45) is 5.92 Å². The van der Waals surface area contributed by atoms with Crippen LogP contribution in [0.3, 0.4) is 0 Å². The third-order valence-electron chi connectivity index (χ3n) is 5.34. The zero-order valence-electron chi connectivity index (χ0n) is 17.2. The summed E-state index contributed by atoms with van der Waals surface area (Å²) in [6.07, 6.45) is 5.50. The van der Waals surface area contributed by atoms with Gasteiger partial charge in [0, 0.05) is 13.1 Å². The van der Waals surface area contributed by atoms with Crippen LogP contribution >= 0.6 is 0 Å². The van der Waals surface area contributed by atoms with E-state index in [1.807, 2.05) is 4.90 Å². The van der Waals surface area contributed by atoms with Gasteiger partial charge in [-0.2, -0.15) is 4.98 Å². The molecule has 1 aliphatic heterocycles. The second kappa shape index (κ2) is 9.38. The Morgan fingerprint density at radius 3 is 2.40 bits per heavy atom. The van der Waals surface area contributed by atoms with Crippen molar-refractivity contribution in [3.05, 3.63) is 40.7 Å². The molecule has 0 atom stereocenters. The highest BCUT2D eigenvalue weighted by Gasteiger charge is 2.31. The molecule has 0 amide bonds. The Hall–Kier alpha value is -2.75. The minimum Gasteiger partial charge on any atom is -0.434 e. The third kappa shape index (κ3) is 4.86. The van der Waals surface area contributed by atoms with Crippen molar-refractivity contribution < 1.29 is 18.1 Å². The van der Waals surface area contributed by atoms with Crippen molar-refractivity contribution in [3.63, 3.8) is 0 Å². The molecule has 3 rings (SSSR count). The number of hydrogen-bond acceptors (Lipinski definition) is 8. The molecule has 30 heavy (non-hydrogen) atoms. The quantitative estimate of drug-likeness (QED) is 0.452. The SMILES string of the molecule is CCCC1CCN(c2ncnc(Oc3ccc(S(=O)(=O)CC)cc3)c2[N+](=O)[O-])CC1. The van der Waals surface area contributed by atoms with Crippen LogP contribution < -0.4 is 9.64 Å². The van der Waals surface area contributed by atoms with Gasteiger partial charge in [-0.3, -0.25) is 10.1 Å². The van der Waals surface area contributed by atoms with Gasteiger partial charge in [-0.1, -0.05) is 26.7 Å². The van der Waals surface area contributed by atoms with Gasteiger partial charge in [-0.15, -0.1) is 0 Å². The van der Waals surface area contributed by atoms with Crippen LogP contribution in [0.15, 0.2) is 35.5 Å². The molecule has 0 saturated carbocycles. The first-order valence-electron chi connectivity index (χ1n) is 10.1. The number of rotatable bonds is 8. The highest BCUT2D eigenvalue weighted by Crippen LogP contribution is 2.38. The zero-order chi connectivity index (χ0) is 21.7. The number of benzene rings is 1. The molecule has 162 valence electrons. The topological polar surface area (TPSA) is 116 Å². The number of anilines is 1. The van der Waals surface area contributed by atoms with Gasteiger partial charge in [-0.25, -0.2) is 13.4 Å². The number of hydrogen-bond donors (Lipinski definition) is 0. The van der Waals surface area contributed by atoms with E-state index in [0.717, 1.165) is 25.7 Å². The fourth-order valence-electron chi connectivity index (χ4n) is 3.65. The fraction of sp³-hybridized carbons (Fsp3) is 0.500. The normalized spacial score (nSPS) is 15.2. The van der Waals surface area contributed by atoms with Crippen LogP contribution in [0.25, 0.3) is 0 Å². The molecule has 9 nitrogen and oxygen atoms in total. The van der Waals surface area contributed by atoms with Crippen LogP contribution in [0.2, 0.25) is 0 Å². The number of nitro groups is 1. The number of ether oxygens (including phenoxy) is 1. The monoisotopic (exact) mass is 434 g/mol. The largest absolute Gasteiger partial charge is 0.434 e. The van der Waals surface area contributed by atoms with Gasteiger partial charge < -0.3 is 9.64 Å². The van der Waals surface area contributed by atoms with E-state index in [1.54, 1.807) is 6.92 Å². The van der Waals surface area contributed by atoms with E-state index in [9.17, 15) is 18.5 Å². The zero-order valence-corrected chi connectivity index (χ0v) is 18.0. The van der Waals surface area contributed by atoms with Gasteiger partial charge in [0.2, 0.25) is 5.82 Å². The van der Waals surface area contributed by atoms with Crippen molar-refractivity contribution >= 4 is 21.3 Å². The predicted octanol–water partition coefficient (Wildman–Crippen LogP) is 3.99. The van der Waals surface area contributed by atoms with E-state index in [1.165, 1.54) is 30.6 Å². The first-order chi connectivity index (χ1) is 14.4. The highest BCUT2D eigenvalue weighted by molar-refractivity contribution is 7.91. The predicted molar refractivity (Wildman–Crippen MR) is 113 cm³/mol. The van der Waals surface area contributed by atoms with Gasteiger partial charge in [0.05, 0.1) is 15.6 Å². The lowest BCUT2D eigenvalue weighted by Crippen LogP contribution is -2.34. The number of aromatic nitrogens is 2. The van der Waals surface area contributed by atoms with Crippen LogP contribution in [0.5, 0.6) is 11.6 Å². The molecule has 0 radical (unpaired) electrons. The van der Waals surface area contributed by atoms with E-state index in [-0.39, 0.29) is 33.8 Å². The van der Waals surface area contributed by atoms with Crippen LogP contribution in [0.4, 0.5) is 11.5 Å². The lowest BCUT2D eigenvalue weighted by Gasteiger charge is -2.32. The van der Waals surface area contributed by atoms with Gasteiger partial charge in [-0.05, 0) is 43.0 Å². The van der Waals surface area contributed by atoms with E-state index in [2.05, 4.69) is 16.9 Å². The lowest BCUT2D eigenvalue weighted by atomic mass is 9.92. The molecule has 2 aromatic rings. The summed E-state index contributed by atoms with van der Waals surface area (Å²) in [5, 5.41) is 11.8. The van der Waals surface area contributed by atoms with Gasteiger partial charge in [0.25, 0.3) is 0 Å². The summed E-state index contributed by atoms with van der Waals surface area (Å²) in [5.41, 5.74) is -0.281. The maximum atomic E-state index is 11.9. The third-order valence-corrected chi connectivity index (χ3v) is 7.09. The van der Waals surface area contributed by atoms with Crippen LogP contribution in [0.1, 0.15) is 39.5 Å². The molecule has 0 spiro atoms. The fourth-order valence-corrected chi connectivity index (χ4v) is 4.54. The summed E-state index contributed by atoms with van der Waals surface area (Å²) in [4.78, 5) is 21.5. The van der Waals surface area contributed by atoms with E-state index in [0.29, 0.717) is 19.0 Å². The van der Waals surface area contributed by atoms with Gasteiger partial charge in [0.1, 0.15) is 12.1 Å². The summed E-state index contributed by atoms with van der Waals surface area (Å²) < 4.78 is 29.5. The van der Waals surface area contributed by atoms with Crippen molar-refractivity contribution in [1.82, 2.24) is 9.97 Å². The molecule has 0 unspecified atom stereocenters. The Labute approximate surface area is 176 Å². The van der Waals surface area contributed by atoms with Gasteiger partial charge >= 0.3 is 11.6 Å². The molecule has 0 bridgehead atoms. The Bertz CT molecular complexity index is 987. The molecule has 0 N–H and O–H groups in total. The van der Waals surface area contributed by atoms with E-state index in [4.69, 9.17) is 4.74 Å². The first-order valence-corrected chi connectivity index (χ1v) is 11.8. The molecule has 1 aromatic carbocycles. The maximum absolute atomic E-state index is 11.9. The Morgan fingerprint density at radius 2 is 1.83 bits per heavy atom. The maximum Gasteiger partial charge on any atom is 0.373 e. The molecule has 0 aliphatic carbocycles. The molecular formula is C20H26N4O5S. The Morgan fingerprint density at radius 1 is 1.17 bits per heavy atom. The summed E-state index contributed by atoms with van der Waals surface area (Å²) in [6.45, 7) is 5.13. The molecule has 1 fully saturated rings. The van der Waals surface area contributed by atoms with Crippen molar-refractivity contribution in [3.8, 4) is 11.6 Å². The summed E-state index contributed by atoms with van der Waals surface area (Å²) in [7, 11) is -3.34. The molecule has 1 aromatic heterocycles. The highest BCUT2D eigenvalue weighted by atomic mass is 32.2. The average Bonchev–Trinajstić information content (AvgIpc) is 2.74. The summed E-state index contributed by atoms with van der Waals surface area (Å²) >= 11 is 0. The second-order valence-electron chi connectivity index (χ2n) is 7.30. The van der Waals surface area contributed by atoms with Crippen molar-refractivity contribution in [1.29, 1.82) is 0 Å². The van der Waals surface area contributed by atoms with Crippen molar-refractivity contribution in [2.75, 3.05) is 23.7 Å². The average molecular weight is 435 g/mol. The van der Waals surface area contributed by atoms with Crippen molar-refractivity contribution in [2.45, 2.75) is 44.4 Å². The summed E-state index contributed by atoms with van der Waals surface area (Å²) in [6, 6.07) is 5.76. The van der Waals surface area contributed by atoms with E-state index < -0.39 is 14.8 Å². The first kappa shape index (κ1) is 21.9. The van der Waals surface area contributed by atoms with Crippen LogP contribution in [0, 0.1) is 16.0 Å². The second-order valence-corrected chi connectivity index (χ2v) is 9.58. The van der Waals surface area contributed by atoms with Crippen LogP contribution in [-0.2, 0) is 9.84 Å². The lowest BCUT2D eigenvalue weighted by molar-refractivity contribution is -0.385. The minimum absolute atomic E-state index is 0.0110. The van der Waals surface area contributed by atoms with Gasteiger partial charge in [0.15, 0.2) is 9.84 Å². The molecule has 10 heteroatoms. The smallest absolute Gasteiger partial charge is 0.373 e. The Kier molecular flexibility index (Phi) is 6.86. The van der Waals surface area contributed by atoms with E-state index >= 15 is 0 Å². The number of nitrogens with zero attached hydrogens (tertiary/aromatic N) is 4. The standard InChI is InChI=1S/C20H26N4O5S/c1-3-5-15-10-12-23(13-11-15)19-18(24(25)26)20(22-14-21-19)29-16-6-8-17(9-7-16)30(27,28)4-2/h6-9,14-15H,3-5,10-13H2,1-2H3. The molecule has 1 saturated heterocycles. The summed E-state index contributed by atoms with van der Waals surface area (Å²) in [5.74, 6) is 0.986. The molecular weight excluding hydrogens is 408 g/mol. The number of piperidine rings is 1. The Balaban J connectivity index is 1.84. The van der Waals surface area contributed by atoms with Crippen LogP contribution in [-0.4, -0.2) is 42.2 Å². The minimum atomic E-state index is -3.34.